The number of alkyl halides is 2. The Bertz CT molecular complexity index is 843. The van der Waals surface area contributed by atoms with Crippen molar-refractivity contribution < 1.29 is 43.9 Å². The number of carbonyl (C=O) groups excluding carboxylic acids is 2. The SMILES string of the molecule is C[C@]12C[C@H](O)[C@@]3(F)[C@@H](C[C@H](F)C4=CC(=O)C=C[C@@]43O)[C@@H]1C[C@@H](O)[C@]2(O)C(=O)CO. The lowest BCUT2D eigenvalue weighted by Crippen LogP contribution is -2.74. The Labute approximate surface area is 165 Å². The highest BCUT2D eigenvalue weighted by molar-refractivity contribution is 6.01. The number of rotatable bonds is 2. The monoisotopic (exact) mass is 414 g/mol. The van der Waals surface area contributed by atoms with Crippen LogP contribution in [0.5, 0.6) is 0 Å². The molecule has 5 N–H and O–H groups in total. The van der Waals surface area contributed by atoms with Crippen LogP contribution in [0.15, 0.2) is 23.8 Å². The summed E-state index contributed by atoms with van der Waals surface area (Å²) in [5, 5.41) is 52.8. The van der Waals surface area contributed by atoms with Crippen LogP contribution in [0, 0.1) is 17.3 Å². The lowest BCUT2D eigenvalue weighted by Gasteiger charge is -2.61. The first-order valence-electron chi connectivity index (χ1n) is 9.61. The molecular formula is C20H24F2O7. The summed E-state index contributed by atoms with van der Waals surface area (Å²) in [5.41, 5.74) is -9.84. The molecule has 0 aromatic rings. The largest absolute Gasteiger partial charge is 0.390 e. The van der Waals surface area contributed by atoms with Gasteiger partial charge in [0.05, 0.1) is 12.2 Å². The third-order valence-electron chi connectivity index (χ3n) is 7.95. The van der Waals surface area contributed by atoms with Crippen molar-refractivity contribution in [3.05, 3.63) is 23.8 Å². The van der Waals surface area contributed by atoms with Crippen molar-refractivity contribution in [1.82, 2.24) is 0 Å². The van der Waals surface area contributed by atoms with Crippen molar-refractivity contribution in [2.75, 3.05) is 6.61 Å². The van der Waals surface area contributed by atoms with Crippen LogP contribution >= 0.6 is 0 Å². The zero-order valence-corrected chi connectivity index (χ0v) is 15.8. The third kappa shape index (κ3) is 2.17. The minimum Gasteiger partial charge on any atom is -0.390 e. The lowest BCUT2D eigenvalue weighted by molar-refractivity contribution is -0.243. The van der Waals surface area contributed by atoms with Gasteiger partial charge >= 0.3 is 0 Å². The van der Waals surface area contributed by atoms with E-state index in [9.17, 15) is 35.1 Å². The maximum absolute atomic E-state index is 16.5. The van der Waals surface area contributed by atoms with Gasteiger partial charge in [0.25, 0.3) is 0 Å². The summed E-state index contributed by atoms with van der Waals surface area (Å²) < 4.78 is 31.5. The van der Waals surface area contributed by atoms with Crippen LogP contribution in [-0.2, 0) is 9.59 Å². The number of hydrogen-bond donors (Lipinski definition) is 5. The van der Waals surface area contributed by atoms with Crippen LogP contribution < -0.4 is 0 Å². The van der Waals surface area contributed by atoms with E-state index in [1.54, 1.807) is 0 Å². The number of fused-ring (bicyclic) bond motifs is 5. The fourth-order valence-corrected chi connectivity index (χ4v) is 6.48. The second-order valence-corrected chi connectivity index (χ2v) is 9.02. The predicted octanol–water partition coefficient (Wildman–Crippen LogP) is -0.707. The molecule has 4 aliphatic carbocycles. The Hall–Kier alpha value is -1.52. The van der Waals surface area contributed by atoms with Crippen LogP contribution in [-0.4, -0.2) is 79.0 Å². The van der Waals surface area contributed by atoms with Crippen LogP contribution in [0.25, 0.3) is 0 Å². The number of Topliss-reactive ketones (excluding diaryl/α,β-unsaturated/α-hetero) is 1. The molecule has 7 nitrogen and oxygen atoms in total. The first-order valence-corrected chi connectivity index (χ1v) is 9.61. The maximum Gasteiger partial charge on any atom is 0.192 e. The third-order valence-corrected chi connectivity index (χ3v) is 7.95. The summed E-state index contributed by atoms with van der Waals surface area (Å²) >= 11 is 0. The van der Waals surface area contributed by atoms with Crippen molar-refractivity contribution in [1.29, 1.82) is 0 Å². The maximum atomic E-state index is 16.5. The van der Waals surface area contributed by atoms with Crippen molar-refractivity contribution in [2.24, 2.45) is 17.3 Å². The molecule has 4 rings (SSSR count). The average Bonchev–Trinajstić information content (AvgIpc) is 2.86. The molecule has 9 heteroatoms. The molecule has 9 atom stereocenters. The summed E-state index contributed by atoms with van der Waals surface area (Å²) in [6.07, 6.45) is -4.17. The van der Waals surface area contributed by atoms with Gasteiger partial charge in [0.15, 0.2) is 22.8 Å². The molecule has 0 aromatic heterocycles. The fraction of sp³-hybridized carbons (Fsp3) is 0.700. The van der Waals surface area contributed by atoms with Gasteiger partial charge in [-0.3, -0.25) is 9.59 Å². The highest BCUT2D eigenvalue weighted by Gasteiger charge is 2.78. The van der Waals surface area contributed by atoms with E-state index in [0.29, 0.717) is 0 Å². The Kier molecular flexibility index (Phi) is 4.30. The molecule has 4 aliphatic rings. The predicted molar refractivity (Wildman–Crippen MR) is 93.9 cm³/mol. The van der Waals surface area contributed by atoms with Gasteiger partial charge < -0.3 is 25.5 Å². The average molecular weight is 414 g/mol. The van der Waals surface area contributed by atoms with E-state index in [4.69, 9.17) is 0 Å². The number of aliphatic hydroxyl groups is 5. The van der Waals surface area contributed by atoms with Crippen molar-refractivity contribution in [3.8, 4) is 0 Å². The highest BCUT2D eigenvalue weighted by atomic mass is 19.1. The molecule has 0 radical (unpaired) electrons. The molecule has 0 heterocycles. The van der Waals surface area contributed by atoms with Crippen LogP contribution in [0.2, 0.25) is 0 Å². The molecule has 0 bridgehead atoms. The van der Waals surface area contributed by atoms with Gasteiger partial charge in [-0.05, 0) is 43.4 Å². The van der Waals surface area contributed by atoms with Crippen molar-refractivity contribution in [2.45, 2.75) is 61.4 Å². The summed E-state index contributed by atoms with van der Waals surface area (Å²) in [6, 6.07) is 0. The second-order valence-electron chi connectivity index (χ2n) is 9.02. The van der Waals surface area contributed by atoms with E-state index >= 15 is 8.78 Å². The van der Waals surface area contributed by atoms with Gasteiger partial charge in [-0.15, -0.1) is 0 Å². The molecule has 0 amide bonds. The second kappa shape index (κ2) is 6.01. The van der Waals surface area contributed by atoms with Gasteiger partial charge in [0.1, 0.15) is 18.4 Å². The minimum atomic E-state index is -2.80. The summed E-state index contributed by atoms with van der Waals surface area (Å²) in [4.78, 5) is 24.0. The van der Waals surface area contributed by atoms with E-state index in [1.165, 1.54) is 6.92 Å². The number of allylic oxidation sites excluding steroid dienone is 2. The van der Waals surface area contributed by atoms with Crippen LogP contribution in [0.1, 0.15) is 26.2 Å². The Balaban J connectivity index is 1.87. The van der Waals surface area contributed by atoms with Crippen LogP contribution in [0.4, 0.5) is 8.78 Å². The molecule has 0 aromatic carbocycles. The number of hydrogen-bond acceptors (Lipinski definition) is 7. The smallest absolute Gasteiger partial charge is 0.192 e. The Morgan fingerprint density at radius 2 is 1.86 bits per heavy atom. The van der Waals surface area contributed by atoms with Crippen molar-refractivity contribution >= 4 is 11.6 Å². The lowest BCUT2D eigenvalue weighted by atomic mass is 9.47. The number of aliphatic hydroxyl groups excluding tert-OH is 3. The van der Waals surface area contributed by atoms with Gasteiger partial charge in [-0.1, -0.05) is 6.92 Å². The summed E-state index contributed by atoms with van der Waals surface area (Å²) in [5.74, 6) is -4.00. The zero-order chi connectivity index (χ0) is 21.6. The van der Waals surface area contributed by atoms with E-state index < -0.39 is 89.1 Å². The van der Waals surface area contributed by atoms with Crippen molar-refractivity contribution in [3.63, 3.8) is 0 Å². The molecule has 0 unspecified atom stereocenters. The van der Waals surface area contributed by atoms with Gasteiger partial charge in [0, 0.05) is 16.9 Å². The summed E-state index contributed by atoms with van der Waals surface area (Å²) in [7, 11) is 0. The Morgan fingerprint density at radius 3 is 2.48 bits per heavy atom. The zero-order valence-electron chi connectivity index (χ0n) is 15.8. The van der Waals surface area contributed by atoms with Gasteiger partial charge in [0.2, 0.25) is 0 Å². The van der Waals surface area contributed by atoms with Gasteiger partial charge in [-0.25, -0.2) is 8.78 Å². The van der Waals surface area contributed by atoms with Gasteiger partial charge in [-0.2, -0.15) is 0 Å². The first kappa shape index (κ1) is 20.7. The molecule has 0 saturated heterocycles. The van der Waals surface area contributed by atoms with E-state index in [-0.39, 0.29) is 6.42 Å². The summed E-state index contributed by atoms with van der Waals surface area (Å²) in [6.45, 7) is 0.331. The van der Waals surface area contributed by atoms with E-state index in [0.717, 1.165) is 18.2 Å². The van der Waals surface area contributed by atoms with E-state index in [2.05, 4.69) is 0 Å². The molecule has 160 valence electrons. The molecule has 0 spiro atoms. The molecule has 3 saturated carbocycles. The number of halogens is 2. The normalized spacial score (nSPS) is 53.7. The molecule has 0 aliphatic heterocycles. The number of carbonyl (C=O) groups is 2. The van der Waals surface area contributed by atoms with E-state index in [1.807, 2.05) is 0 Å². The first-order chi connectivity index (χ1) is 13.4. The molecular weight excluding hydrogens is 390 g/mol. The molecule has 3 fully saturated rings. The molecule has 29 heavy (non-hydrogen) atoms. The quantitative estimate of drug-likeness (QED) is 0.403. The van der Waals surface area contributed by atoms with Crippen LogP contribution in [0.3, 0.4) is 0 Å². The minimum absolute atomic E-state index is 0.272. The fourth-order valence-electron chi connectivity index (χ4n) is 6.48. The topological polar surface area (TPSA) is 135 Å². The highest BCUT2D eigenvalue weighted by Crippen LogP contribution is 2.67. The number of ketones is 2. The standard InChI is InChI=1S/C20H24F2O7/c1-17-7-15(26)19(22)11(10(17)6-14(25)20(17,29)16(27)8-23)5-13(21)12-4-9(24)2-3-18(12,19)28/h2-4,10-11,13-15,23,25-26,28-29H,5-8H2,1H3/t10-,11-,13-,14+,15-,17-,18+,19-,20-/m0/s1. The Morgan fingerprint density at radius 1 is 1.21 bits per heavy atom.